The monoisotopic (exact) mass is 312 g/mol. The topological polar surface area (TPSA) is 0 Å². The minimum absolute atomic E-state index is 0.843. The van der Waals surface area contributed by atoms with E-state index in [0.29, 0.717) is 0 Å². The van der Waals surface area contributed by atoms with Crippen molar-refractivity contribution in [3.63, 3.8) is 0 Å². The van der Waals surface area contributed by atoms with Gasteiger partial charge in [0, 0.05) is 0 Å². The van der Waals surface area contributed by atoms with Crippen LogP contribution >= 0.6 is 0 Å². The van der Waals surface area contributed by atoms with Crippen LogP contribution in [0, 0.1) is 0 Å². The van der Waals surface area contributed by atoms with Gasteiger partial charge < -0.3 is 0 Å². The Kier molecular flexibility index (Phi) is 5.92. The first-order valence-electron chi connectivity index (χ1n) is 8.13. The van der Waals surface area contributed by atoms with E-state index in [-0.39, 0.29) is 0 Å². The van der Waals surface area contributed by atoms with Crippen molar-refractivity contribution in [3.05, 3.63) is 96.4 Å². The van der Waals surface area contributed by atoms with Gasteiger partial charge in [-0.3, -0.25) is 0 Å². The Balaban J connectivity index is 0.00000100. The van der Waals surface area contributed by atoms with E-state index in [1.54, 1.807) is 0 Å². The molecule has 0 heterocycles. The minimum Gasteiger partial charge on any atom is -0.106 e. The van der Waals surface area contributed by atoms with Crippen LogP contribution in [0.4, 0.5) is 0 Å². The van der Waals surface area contributed by atoms with Crippen LogP contribution in [0.2, 0.25) is 0 Å². The van der Waals surface area contributed by atoms with Gasteiger partial charge in [0.2, 0.25) is 0 Å². The largest absolute Gasteiger partial charge is 0.106 e. The van der Waals surface area contributed by atoms with E-state index < -0.39 is 0 Å². The zero-order valence-electron chi connectivity index (χ0n) is 14.4. The average Bonchev–Trinajstić information content (AvgIpc) is 2.66. The Morgan fingerprint density at radius 3 is 2.04 bits per heavy atom. The number of allylic oxidation sites excluding steroid dienone is 1. The predicted molar refractivity (Wildman–Crippen MR) is 109 cm³/mol. The first kappa shape index (κ1) is 17.5. The fraction of sp³-hybridized carbons (Fsp3) is 0.0833. The Morgan fingerprint density at radius 2 is 1.46 bits per heavy atom. The van der Waals surface area contributed by atoms with Gasteiger partial charge in [0.05, 0.1) is 0 Å². The molecule has 0 atom stereocenters. The smallest absolute Gasteiger partial charge is 0.00301 e. The molecule has 0 saturated carbocycles. The standard InChI is InChI=1S/C22H20.C2H4/c1-4-11-19-16(3)18(5-2)22(17-12-7-6-8-13-17)21-15-10-9-14-20(19)21;1-2/h4-10,12-15H,1,3,11H2,2H3;1-2H2/b18-5+;. The zero-order valence-corrected chi connectivity index (χ0v) is 14.4. The number of fused-ring (bicyclic) bond motifs is 1. The van der Waals surface area contributed by atoms with Gasteiger partial charge >= 0.3 is 0 Å². The third-order valence-electron chi connectivity index (χ3n) is 4.18. The Bertz CT molecular complexity index is 947. The van der Waals surface area contributed by atoms with Gasteiger partial charge in [0.1, 0.15) is 0 Å². The summed E-state index contributed by atoms with van der Waals surface area (Å²) in [4.78, 5) is 0. The molecule has 0 aromatic heterocycles. The Hall–Kier alpha value is -2.86. The highest BCUT2D eigenvalue weighted by atomic mass is 14.1. The first-order chi connectivity index (χ1) is 11.8. The van der Waals surface area contributed by atoms with E-state index in [9.17, 15) is 0 Å². The van der Waals surface area contributed by atoms with Crippen molar-refractivity contribution in [2.45, 2.75) is 13.3 Å². The van der Waals surface area contributed by atoms with Gasteiger partial charge in [-0.25, -0.2) is 0 Å². The van der Waals surface area contributed by atoms with Crippen LogP contribution in [0.25, 0.3) is 34.6 Å². The molecule has 0 spiro atoms. The average molecular weight is 312 g/mol. The van der Waals surface area contributed by atoms with Crippen LogP contribution in [0.5, 0.6) is 0 Å². The summed E-state index contributed by atoms with van der Waals surface area (Å²) in [7, 11) is 0. The maximum absolute atomic E-state index is 4.37. The maximum Gasteiger partial charge on any atom is -0.00301 e. The van der Waals surface area contributed by atoms with Crippen molar-refractivity contribution in [2.24, 2.45) is 0 Å². The lowest BCUT2D eigenvalue weighted by Crippen LogP contribution is -2.29. The van der Waals surface area contributed by atoms with Crippen LogP contribution in [0.1, 0.15) is 12.5 Å². The van der Waals surface area contributed by atoms with E-state index in [4.69, 9.17) is 0 Å². The van der Waals surface area contributed by atoms with E-state index in [2.05, 4.69) is 93.9 Å². The molecule has 3 aromatic rings. The van der Waals surface area contributed by atoms with Gasteiger partial charge in [-0.2, -0.15) is 0 Å². The van der Waals surface area contributed by atoms with Crippen LogP contribution in [-0.4, -0.2) is 0 Å². The second kappa shape index (κ2) is 8.12. The lowest BCUT2D eigenvalue weighted by Gasteiger charge is -2.13. The molecule has 0 nitrogen and oxygen atoms in total. The Labute approximate surface area is 144 Å². The summed E-state index contributed by atoms with van der Waals surface area (Å²) >= 11 is 0. The maximum atomic E-state index is 4.37. The molecule has 120 valence electrons. The van der Waals surface area contributed by atoms with E-state index in [1.807, 2.05) is 6.08 Å². The van der Waals surface area contributed by atoms with Gasteiger partial charge in [-0.1, -0.05) is 73.3 Å². The molecular weight excluding hydrogens is 288 g/mol. The Morgan fingerprint density at radius 1 is 0.875 bits per heavy atom. The van der Waals surface area contributed by atoms with E-state index in [1.165, 1.54) is 32.7 Å². The molecule has 3 aromatic carbocycles. The van der Waals surface area contributed by atoms with Crippen LogP contribution < -0.4 is 10.4 Å². The van der Waals surface area contributed by atoms with Crippen molar-refractivity contribution in [3.8, 4) is 11.1 Å². The van der Waals surface area contributed by atoms with Crippen molar-refractivity contribution in [1.82, 2.24) is 0 Å². The third-order valence-corrected chi connectivity index (χ3v) is 4.18. The normalized spacial score (nSPS) is 11.0. The van der Waals surface area contributed by atoms with Gasteiger partial charge in [-0.05, 0) is 51.2 Å². The summed E-state index contributed by atoms with van der Waals surface area (Å²) in [6.45, 7) is 16.4. The summed E-state index contributed by atoms with van der Waals surface area (Å²) < 4.78 is 0. The third kappa shape index (κ3) is 3.09. The summed E-state index contributed by atoms with van der Waals surface area (Å²) in [6, 6.07) is 19.2. The molecule has 0 amide bonds. The number of hydrogen-bond donors (Lipinski definition) is 0. The van der Waals surface area contributed by atoms with Crippen molar-refractivity contribution in [1.29, 1.82) is 0 Å². The molecule has 0 radical (unpaired) electrons. The van der Waals surface area contributed by atoms with Crippen molar-refractivity contribution >= 4 is 23.4 Å². The summed E-state index contributed by atoms with van der Waals surface area (Å²) in [5.41, 5.74) is 3.79. The van der Waals surface area contributed by atoms with Crippen LogP contribution in [0.15, 0.2) is 80.4 Å². The quantitative estimate of drug-likeness (QED) is 0.580. The van der Waals surface area contributed by atoms with Gasteiger partial charge in [0.25, 0.3) is 0 Å². The summed E-state index contributed by atoms with van der Waals surface area (Å²) in [5.74, 6) is 0. The highest BCUT2D eigenvalue weighted by molar-refractivity contribution is 5.99. The molecule has 0 unspecified atom stereocenters. The molecule has 0 saturated heterocycles. The molecule has 0 heteroatoms. The molecule has 0 aliphatic heterocycles. The van der Waals surface area contributed by atoms with Crippen LogP contribution in [0.3, 0.4) is 0 Å². The lowest BCUT2D eigenvalue weighted by atomic mass is 9.90. The molecule has 24 heavy (non-hydrogen) atoms. The molecule has 3 rings (SSSR count). The first-order valence-corrected chi connectivity index (χ1v) is 8.13. The van der Waals surface area contributed by atoms with Gasteiger partial charge in [-0.15, -0.1) is 19.7 Å². The molecule has 0 fully saturated rings. The summed E-state index contributed by atoms with van der Waals surface area (Å²) in [5, 5.41) is 4.89. The number of rotatable bonds is 3. The minimum atomic E-state index is 0.843. The SMILES string of the molecule is C=C.C=CCc1c(=C)/c(=C\C)c(-c2ccccc2)c2ccccc12. The molecule has 0 bridgehead atoms. The fourth-order valence-electron chi connectivity index (χ4n) is 3.20. The highest BCUT2D eigenvalue weighted by Crippen LogP contribution is 2.26. The predicted octanol–water partition coefficient (Wildman–Crippen LogP) is 5.25. The number of benzene rings is 3. The van der Waals surface area contributed by atoms with Crippen molar-refractivity contribution < 1.29 is 0 Å². The van der Waals surface area contributed by atoms with E-state index >= 15 is 0 Å². The fourth-order valence-corrected chi connectivity index (χ4v) is 3.20. The second-order valence-electron chi connectivity index (χ2n) is 5.44. The van der Waals surface area contributed by atoms with Crippen LogP contribution in [-0.2, 0) is 6.42 Å². The summed E-state index contributed by atoms with van der Waals surface area (Å²) in [6.07, 6.45) is 4.97. The number of hydrogen-bond acceptors (Lipinski definition) is 0. The molecular formula is C24H24. The highest BCUT2D eigenvalue weighted by Gasteiger charge is 2.10. The molecule has 0 aliphatic carbocycles. The molecule has 0 aliphatic rings. The van der Waals surface area contributed by atoms with E-state index in [0.717, 1.165) is 11.6 Å². The molecule has 0 N–H and O–H groups in total. The van der Waals surface area contributed by atoms with Crippen molar-refractivity contribution in [2.75, 3.05) is 0 Å². The van der Waals surface area contributed by atoms with Gasteiger partial charge in [0.15, 0.2) is 0 Å². The second-order valence-corrected chi connectivity index (χ2v) is 5.44. The zero-order chi connectivity index (χ0) is 17.5. The lowest BCUT2D eigenvalue weighted by molar-refractivity contribution is 1.26.